The van der Waals surface area contributed by atoms with Gasteiger partial charge in [0.15, 0.2) is 0 Å². The lowest BCUT2D eigenvalue weighted by molar-refractivity contribution is 0.102. The molecule has 0 fully saturated rings. The van der Waals surface area contributed by atoms with Crippen LogP contribution in [-0.2, 0) is 0 Å². The molecule has 0 bridgehead atoms. The summed E-state index contributed by atoms with van der Waals surface area (Å²) in [6, 6.07) is 13.0. The standard InChI is InChI=1S/C19H13FN4O2/c1-11-10-13(18(25)23-15-8-4-5-9-21-15)16-17(24-26-19(16)22-11)12-6-2-3-7-14(12)20/h2-10H,1H3,(H,21,23,25). The highest BCUT2D eigenvalue weighted by molar-refractivity contribution is 6.14. The number of benzene rings is 1. The quantitative estimate of drug-likeness (QED) is 0.605. The third-order valence-corrected chi connectivity index (χ3v) is 3.85. The molecule has 4 aromatic rings. The summed E-state index contributed by atoms with van der Waals surface area (Å²) in [5.74, 6) is -0.455. The SMILES string of the molecule is Cc1cc(C(=O)Nc2ccccn2)c2c(-c3ccccc3F)noc2n1. The number of pyridine rings is 2. The summed E-state index contributed by atoms with van der Waals surface area (Å²) < 4.78 is 19.5. The van der Waals surface area contributed by atoms with Crippen LogP contribution < -0.4 is 5.32 Å². The first kappa shape index (κ1) is 15.9. The normalized spacial score (nSPS) is 10.8. The van der Waals surface area contributed by atoms with Gasteiger partial charge in [0.2, 0.25) is 0 Å². The zero-order chi connectivity index (χ0) is 18.1. The molecule has 7 heteroatoms. The average Bonchev–Trinajstić information content (AvgIpc) is 3.05. The first-order valence-electron chi connectivity index (χ1n) is 7.88. The Balaban J connectivity index is 1.87. The molecule has 0 aliphatic heterocycles. The predicted octanol–water partition coefficient (Wildman–Crippen LogP) is 3.98. The summed E-state index contributed by atoms with van der Waals surface area (Å²) in [5, 5.41) is 7.02. The highest BCUT2D eigenvalue weighted by atomic mass is 19.1. The molecule has 0 spiro atoms. The molecular formula is C19H13FN4O2. The van der Waals surface area contributed by atoms with Crippen molar-refractivity contribution in [2.24, 2.45) is 0 Å². The minimum atomic E-state index is -0.459. The lowest BCUT2D eigenvalue weighted by atomic mass is 10.0. The molecule has 26 heavy (non-hydrogen) atoms. The van der Waals surface area contributed by atoms with Crippen molar-refractivity contribution >= 4 is 22.8 Å². The number of anilines is 1. The second-order valence-electron chi connectivity index (χ2n) is 5.67. The van der Waals surface area contributed by atoms with Crippen LogP contribution in [0, 0.1) is 12.7 Å². The van der Waals surface area contributed by atoms with E-state index in [1.54, 1.807) is 55.6 Å². The molecule has 3 aromatic heterocycles. The first-order valence-corrected chi connectivity index (χ1v) is 7.88. The van der Waals surface area contributed by atoms with Crippen LogP contribution in [-0.4, -0.2) is 21.0 Å². The fraction of sp³-hybridized carbons (Fsp3) is 0.0526. The van der Waals surface area contributed by atoms with E-state index in [0.717, 1.165) is 0 Å². The molecule has 0 atom stereocenters. The molecule has 0 saturated heterocycles. The number of aromatic nitrogens is 3. The van der Waals surface area contributed by atoms with Crippen molar-refractivity contribution in [1.82, 2.24) is 15.1 Å². The third-order valence-electron chi connectivity index (χ3n) is 3.85. The second-order valence-corrected chi connectivity index (χ2v) is 5.67. The van der Waals surface area contributed by atoms with E-state index in [-0.39, 0.29) is 22.5 Å². The van der Waals surface area contributed by atoms with Gasteiger partial charge in [-0.25, -0.2) is 14.4 Å². The number of fused-ring (bicyclic) bond motifs is 1. The van der Waals surface area contributed by atoms with E-state index < -0.39 is 11.7 Å². The Morgan fingerprint density at radius 2 is 1.96 bits per heavy atom. The van der Waals surface area contributed by atoms with E-state index in [9.17, 15) is 9.18 Å². The number of carbonyl (C=O) groups excluding carboxylic acids is 1. The molecule has 0 radical (unpaired) electrons. The van der Waals surface area contributed by atoms with Gasteiger partial charge in [0, 0.05) is 17.5 Å². The summed E-state index contributed by atoms with van der Waals surface area (Å²) in [5.41, 5.74) is 1.52. The molecular weight excluding hydrogens is 335 g/mol. The number of aryl methyl sites for hydroxylation is 1. The fourth-order valence-electron chi connectivity index (χ4n) is 2.71. The summed E-state index contributed by atoms with van der Waals surface area (Å²) in [4.78, 5) is 21.1. The molecule has 1 amide bonds. The van der Waals surface area contributed by atoms with Crippen molar-refractivity contribution in [3.63, 3.8) is 0 Å². The lowest BCUT2D eigenvalue weighted by Gasteiger charge is -2.07. The minimum absolute atomic E-state index is 0.175. The molecule has 1 aromatic carbocycles. The van der Waals surface area contributed by atoms with Crippen LogP contribution in [0.2, 0.25) is 0 Å². The summed E-state index contributed by atoms with van der Waals surface area (Å²) in [6.07, 6.45) is 1.58. The predicted molar refractivity (Wildman–Crippen MR) is 94.1 cm³/mol. The van der Waals surface area contributed by atoms with Crippen LogP contribution in [0.15, 0.2) is 59.3 Å². The van der Waals surface area contributed by atoms with Gasteiger partial charge in [-0.15, -0.1) is 0 Å². The molecule has 1 N–H and O–H groups in total. The lowest BCUT2D eigenvalue weighted by Crippen LogP contribution is -2.14. The van der Waals surface area contributed by atoms with Gasteiger partial charge < -0.3 is 9.84 Å². The van der Waals surface area contributed by atoms with E-state index in [4.69, 9.17) is 4.52 Å². The van der Waals surface area contributed by atoms with Crippen LogP contribution in [0.4, 0.5) is 10.2 Å². The van der Waals surface area contributed by atoms with Crippen molar-refractivity contribution in [2.45, 2.75) is 6.92 Å². The second kappa shape index (κ2) is 6.36. The largest absolute Gasteiger partial charge is 0.335 e. The molecule has 4 rings (SSSR count). The van der Waals surface area contributed by atoms with Gasteiger partial charge in [-0.2, -0.15) is 0 Å². The summed E-state index contributed by atoms with van der Waals surface area (Å²) in [7, 11) is 0. The maximum Gasteiger partial charge on any atom is 0.259 e. The maximum atomic E-state index is 14.2. The first-order chi connectivity index (χ1) is 12.6. The van der Waals surface area contributed by atoms with Gasteiger partial charge in [0.05, 0.1) is 10.9 Å². The van der Waals surface area contributed by atoms with Gasteiger partial charge in [-0.3, -0.25) is 4.79 Å². The summed E-state index contributed by atoms with van der Waals surface area (Å²) >= 11 is 0. The Morgan fingerprint density at radius 3 is 2.73 bits per heavy atom. The molecule has 128 valence electrons. The fourth-order valence-corrected chi connectivity index (χ4v) is 2.71. The van der Waals surface area contributed by atoms with Gasteiger partial charge in [0.1, 0.15) is 17.3 Å². The van der Waals surface area contributed by atoms with Crippen LogP contribution >= 0.6 is 0 Å². The zero-order valence-electron chi connectivity index (χ0n) is 13.7. The van der Waals surface area contributed by atoms with Crippen LogP contribution in [0.5, 0.6) is 0 Å². The van der Waals surface area contributed by atoms with E-state index in [2.05, 4.69) is 20.4 Å². The van der Waals surface area contributed by atoms with Gasteiger partial charge in [-0.1, -0.05) is 23.4 Å². The van der Waals surface area contributed by atoms with Crippen molar-refractivity contribution in [3.8, 4) is 11.3 Å². The number of hydrogen-bond acceptors (Lipinski definition) is 5. The summed E-state index contributed by atoms with van der Waals surface area (Å²) in [6.45, 7) is 1.74. The molecule has 0 saturated carbocycles. The van der Waals surface area contributed by atoms with Crippen LogP contribution in [0.1, 0.15) is 16.1 Å². The van der Waals surface area contributed by atoms with Crippen LogP contribution in [0.25, 0.3) is 22.4 Å². The van der Waals surface area contributed by atoms with E-state index in [1.807, 2.05) is 0 Å². The Hall–Kier alpha value is -3.61. The smallest absolute Gasteiger partial charge is 0.259 e. The number of hydrogen-bond donors (Lipinski definition) is 1. The topological polar surface area (TPSA) is 80.9 Å². The van der Waals surface area contributed by atoms with Crippen molar-refractivity contribution in [3.05, 3.63) is 71.8 Å². The zero-order valence-corrected chi connectivity index (χ0v) is 13.7. The Kier molecular flexibility index (Phi) is 3.89. The minimum Gasteiger partial charge on any atom is -0.335 e. The van der Waals surface area contributed by atoms with Crippen molar-refractivity contribution < 1.29 is 13.7 Å². The Bertz CT molecular complexity index is 1110. The Morgan fingerprint density at radius 1 is 1.15 bits per heavy atom. The monoisotopic (exact) mass is 348 g/mol. The third kappa shape index (κ3) is 2.79. The highest BCUT2D eigenvalue weighted by Crippen LogP contribution is 2.32. The molecule has 0 aliphatic carbocycles. The van der Waals surface area contributed by atoms with E-state index >= 15 is 0 Å². The highest BCUT2D eigenvalue weighted by Gasteiger charge is 2.22. The maximum absolute atomic E-state index is 14.2. The number of nitrogens with one attached hydrogen (secondary N) is 1. The van der Waals surface area contributed by atoms with Crippen molar-refractivity contribution in [2.75, 3.05) is 5.32 Å². The van der Waals surface area contributed by atoms with Gasteiger partial charge in [-0.05, 0) is 37.3 Å². The average molecular weight is 348 g/mol. The molecule has 0 aliphatic rings. The molecule has 6 nitrogen and oxygen atoms in total. The van der Waals surface area contributed by atoms with E-state index in [1.165, 1.54) is 6.07 Å². The van der Waals surface area contributed by atoms with Crippen LogP contribution in [0.3, 0.4) is 0 Å². The number of amides is 1. The number of halogens is 1. The van der Waals surface area contributed by atoms with Gasteiger partial charge in [0.25, 0.3) is 11.6 Å². The number of nitrogens with zero attached hydrogens (tertiary/aromatic N) is 3. The molecule has 3 heterocycles. The van der Waals surface area contributed by atoms with E-state index in [0.29, 0.717) is 16.9 Å². The van der Waals surface area contributed by atoms with Gasteiger partial charge >= 0.3 is 0 Å². The molecule has 0 unspecified atom stereocenters. The number of rotatable bonds is 3. The number of carbonyl (C=O) groups is 1. The Labute approximate surface area is 147 Å². The van der Waals surface area contributed by atoms with Crippen molar-refractivity contribution in [1.29, 1.82) is 0 Å².